The summed E-state index contributed by atoms with van der Waals surface area (Å²) in [7, 11) is 0. The lowest BCUT2D eigenvalue weighted by molar-refractivity contribution is 0.0955. The normalized spacial score (nSPS) is 10.6. The van der Waals surface area contributed by atoms with Gasteiger partial charge in [-0.15, -0.1) is 11.3 Å². The summed E-state index contributed by atoms with van der Waals surface area (Å²) in [4.78, 5) is 12.6. The number of thiophene rings is 1. The lowest BCUT2D eigenvalue weighted by Crippen LogP contribution is -2.17. The van der Waals surface area contributed by atoms with Crippen molar-refractivity contribution in [3.05, 3.63) is 57.2 Å². The Morgan fingerprint density at radius 2 is 2.06 bits per heavy atom. The van der Waals surface area contributed by atoms with Gasteiger partial charge in [0, 0.05) is 15.5 Å². The van der Waals surface area contributed by atoms with Gasteiger partial charge in [-0.25, -0.2) is 5.43 Å². The van der Waals surface area contributed by atoms with Crippen molar-refractivity contribution in [3.63, 3.8) is 0 Å². The molecule has 0 unspecified atom stereocenters. The molecule has 0 saturated heterocycles. The third-order valence-corrected chi connectivity index (χ3v) is 3.07. The minimum Gasteiger partial charge on any atom is -0.267 e. The van der Waals surface area contributed by atoms with Crippen LogP contribution < -0.4 is 5.43 Å². The number of nitrogens with one attached hydrogen (secondary N) is 1. The molecule has 5 heteroatoms. The number of carbonyl (C=O) groups is 1. The highest BCUT2D eigenvalue weighted by molar-refractivity contribution is 7.11. The molecular formula is C12H9ClN2OS. The first-order valence-corrected chi connectivity index (χ1v) is 6.14. The van der Waals surface area contributed by atoms with E-state index >= 15 is 0 Å². The third kappa shape index (κ3) is 3.41. The van der Waals surface area contributed by atoms with Crippen LogP contribution in [0.15, 0.2) is 46.9 Å². The number of hydrazone groups is 1. The highest BCUT2D eigenvalue weighted by Crippen LogP contribution is 2.09. The Bertz CT molecular complexity index is 520. The van der Waals surface area contributed by atoms with E-state index in [-0.39, 0.29) is 5.91 Å². The van der Waals surface area contributed by atoms with Crippen molar-refractivity contribution >= 4 is 35.1 Å². The van der Waals surface area contributed by atoms with Crippen LogP contribution in [-0.2, 0) is 0 Å². The quantitative estimate of drug-likeness (QED) is 0.671. The zero-order valence-electron chi connectivity index (χ0n) is 8.76. The fourth-order valence-corrected chi connectivity index (χ4v) is 1.90. The molecule has 0 aliphatic carbocycles. The number of hydrogen-bond acceptors (Lipinski definition) is 3. The number of benzene rings is 1. The van der Waals surface area contributed by atoms with Gasteiger partial charge in [0.15, 0.2) is 0 Å². The number of rotatable bonds is 3. The smallest absolute Gasteiger partial charge is 0.267 e. The second-order valence-electron chi connectivity index (χ2n) is 3.22. The van der Waals surface area contributed by atoms with Gasteiger partial charge in [-0.2, -0.15) is 5.10 Å². The molecule has 3 nitrogen and oxygen atoms in total. The maximum atomic E-state index is 11.6. The van der Waals surface area contributed by atoms with Crippen molar-refractivity contribution in [1.29, 1.82) is 0 Å². The fourth-order valence-electron chi connectivity index (χ4n) is 1.19. The third-order valence-electron chi connectivity index (χ3n) is 2.01. The van der Waals surface area contributed by atoms with Gasteiger partial charge >= 0.3 is 0 Å². The van der Waals surface area contributed by atoms with Crippen molar-refractivity contribution in [2.24, 2.45) is 5.10 Å². The van der Waals surface area contributed by atoms with E-state index in [1.807, 2.05) is 17.5 Å². The summed E-state index contributed by atoms with van der Waals surface area (Å²) in [6.45, 7) is 0. The van der Waals surface area contributed by atoms with Crippen LogP contribution in [0.5, 0.6) is 0 Å². The average molecular weight is 265 g/mol. The second kappa shape index (κ2) is 5.61. The summed E-state index contributed by atoms with van der Waals surface area (Å²) < 4.78 is 0. The molecule has 1 amide bonds. The molecule has 1 aromatic heterocycles. The molecule has 2 aromatic rings. The van der Waals surface area contributed by atoms with Crippen LogP contribution in [0.3, 0.4) is 0 Å². The van der Waals surface area contributed by atoms with Gasteiger partial charge in [-0.1, -0.05) is 17.7 Å². The zero-order valence-corrected chi connectivity index (χ0v) is 10.3. The standard InChI is InChI=1S/C12H9ClN2OS/c13-10-5-3-9(4-6-10)12(16)15-14-8-11-2-1-7-17-11/h1-8H,(H,15,16)/b14-8+. The van der Waals surface area contributed by atoms with Gasteiger partial charge in [-0.05, 0) is 35.7 Å². The molecule has 0 bridgehead atoms. The van der Waals surface area contributed by atoms with Gasteiger partial charge < -0.3 is 0 Å². The Morgan fingerprint density at radius 1 is 1.29 bits per heavy atom. The highest BCUT2D eigenvalue weighted by Gasteiger charge is 2.02. The molecule has 0 saturated carbocycles. The molecule has 0 atom stereocenters. The summed E-state index contributed by atoms with van der Waals surface area (Å²) in [6.07, 6.45) is 1.61. The van der Waals surface area contributed by atoms with E-state index in [0.717, 1.165) is 4.88 Å². The van der Waals surface area contributed by atoms with Crippen LogP contribution in [0, 0.1) is 0 Å². The lowest BCUT2D eigenvalue weighted by atomic mass is 10.2. The molecule has 2 rings (SSSR count). The summed E-state index contributed by atoms with van der Waals surface area (Å²) in [5.74, 6) is -0.255. The van der Waals surface area contributed by atoms with Gasteiger partial charge in [0.05, 0.1) is 6.21 Å². The average Bonchev–Trinajstić information content (AvgIpc) is 2.83. The number of carbonyl (C=O) groups excluding carboxylic acids is 1. The molecule has 0 fully saturated rings. The number of hydrogen-bond donors (Lipinski definition) is 1. The topological polar surface area (TPSA) is 41.5 Å². The van der Waals surface area contributed by atoms with E-state index in [2.05, 4.69) is 10.5 Å². The molecule has 1 N–H and O–H groups in total. The van der Waals surface area contributed by atoms with Gasteiger partial charge in [0.1, 0.15) is 0 Å². The fraction of sp³-hybridized carbons (Fsp3) is 0. The SMILES string of the molecule is O=C(N/N=C/c1cccs1)c1ccc(Cl)cc1. The van der Waals surface area contributed by atoms with Gasteiger partial charge in [0.2, 0.25) is 0 Å². The molecule has 0 aliphatic rings. The van der Waals surface area contributed by atoms with Crippen LogP contribution in [0.4, 0.5) is 0 Å². The maximum Gasteiger partial charge on any atom is 0.271 e. The van der Waals surface area contributed by atoms with Crippen LogP contribution >= 0.6 is 22.9 Å². The van der Waals surface area contributed by atoms with E-state index in [0.29, 0.717) is 10.6 Å². The van der Waals surface area contributed by atoms with E-state index < -0.39 is 0 Å². The predicted octanol–water partition coefficient (Wildman–Crippen LogP) is 3.17. The lowest BCUT2D eigenvalue weighted by Gasteiger charge is -1.98. The van der Waals surface area contributed by atoms with Crippen molar-refractivity contribution in [2.45, 2.75) is 0 Å². The first-order valence-electron chi connectivity index (χ1n) is 4.88. The van der Waals surface area contributed by atoms with Crippen molar-refractivity contribution in [2.75, 3.05) is 0 Å². The number of halogens is 1. The van der Waals surface area contributed by atoms with Crippen molar-refractivity contribution in [3.8, 4) is 0 Å². The van der Waals surface area contributed by atoms with E-state index in [9.17, 15) is 4.79 Å². The van der Waals surface area contributed by atoms with Crippen LogP contribution in [0.2, 0.25) is 5.02 Å². The first kappa shape index (κ1) is 11.8. The maximum absolute atomic E-state index is 11.6. The summed E-state index contributed by atoms with van der Waals surface area (Å²) in [5, 5.41) is 6.41. The van der Waals surface area contributed by atoms with Crippen LogP contribution in [-0.4, -0.2) is 12.1 Å². The van der Waals surface area contributed by atoms with Gasteiger partial charge in [-0.3, -0.25) is 4.79 Å². The molecule has 86 valence electrons. The van der Waals surface area contributed by atoms with Crippen molar-refractivity contribution in [1.82, 2.24) is 5.43 Å². The Labute approximate surface area is 108 Å². The molecular weight excluding hydrogens is 256 g/mol. The predicted molar refractivity (Wildman–Crippen MR) is 70.8 cm³/mol. The molecule has 17 heavy (non-hydrogen) atoms. The minimum atomic E-state index is -0.255. The Balaban J connectivity index is 1.96. The summed E-state index contributed by atoms with van der Waals surface area (Å²) in [5.41, 5.74) is 2.98. The zero-order chi connectivity index (χ0) is 12.1. The van der Waals surface area contributed by atoms with E-state index in [4.69, 9.17) is 11.6 Å². The van der Waals surface area contributed by atoms with Gasteiger partial charge in [0.25, 0.3) is 5.91 Å². The molecule has 1 aromatic carbocycles. The molecule has 0 radical (unpaired) electrons. The largest absolute Gasteiger partial charge is 0.271 e. The highest BCUT2D eigenvalue weighted by atomic mass is 35.5. The second-order valence-corrected chi connectivity index (χ2v) is 4.64. The molecule has 0 spiro atoms. The Morgan fingerprint density at radius 3 is 2.71 bits per heavy atom. The first-order chi connectivity index (χ1) is 8.25. The Hall–Kier alpha value is -1.65. The van der Waals surface area contributed by atoms with Crippen molar-refractivity contribution < 1.29 is 4.79 Å². The summed E-state index contributed by atoms with van der Waals surface area (Å²) >= 11 is 7.28. The minimum absolute atomic E-state index is 0.255. The number of amides is 1. The summed E-state index contributed by atoms with van der Waals surface area (Å²) in [6, 6.07) is 10.5. The van der Waals surface area contributed by atoms with E-state index in [1.165, 1.54) is 0 Å². The molecule has 0 aliphatic heterocycles. The molecule has 1 heterocycles. The van der Waals surface area contributed by atoms with E-state index in [1.54, 1.807) is 41.8 Å². The van der Waals surface area contributed by atoms with Crippen LogP contribution in [0.1, 0.15) is 15.2 Å². The Kier molecular flexibility index (Phi) is 3.90. The van der Waals surface area contributed by atoms with Crippen LogP contribution in [0.25, 0.3) is 0 Å². The number of nitrogens with zero attached hydrogens (tertiary/aromatic N) is 1. The monoisotopic (exact) mass is 264 g/mol.